The maximum Gasteiger partial charge on any atom is 0.350 e. The smallest absolute Gasteiger partial charge is 0.350 e. The summed E-state index contributed by atoms with van der Waals surface area (Å²) in [7, 11) is 0. The van der Waals surface area contributed by atoms with Crippen LogP contribution in [0.15, 0.2) is 36.4 Å². The number of ether oxygens (including phenoxy) is 1. The minimum absolute atomic E-state index is 0.235. The summed E-state index contributed by atoms with van der Waals surface area (Å²) < 4.78 is 5.03. The Bertz CT molecular complexity index is 634. The van der Waals surface area contributed by atoms with Gasteiger partial charge in [-0.3, -0.25) is 4.79 Å². The van der Waals surface area contributed by atoms with Crippen molar-refractivity contribution in [3.63, 3.8) is 0 Å². The van der Waals surface area contributed by atoms with Crippen molar-refractivity contribution in [1.82, 2.24) is 0 Å². The molecule has 0 saturated carbocycles. The Labute approximate surface area is 127 Å². The number of nitrogens with one attached hydrogen (secondary N) is 1. The van der Waals surface area contributed by atoms with Gasteiger partial charge < -0.3 is 10.1 Å². The van der Waals surface area contributed by atoms with Crippen LogP contribution in [0.3, 0.4) is 0 Å². The topological polar surface area (TPSA) is 55.4 Å². The van der Waals surface area contributed by atoms with Crippen molar-refractivity contribution in [3.8, 4) is 0 Å². The molecule has 2 rings (SSSR count). The molecule has 0 spiro atoms. The molecule has 0 aliphatic rings. The zero-order valence-corrected chi connectivity index (χ0v) is 12.8. The lowest BCUT2D eigenvalue weighted by Gasteiger charge is -2.06. The Balaban J connectivity index is 2.24. The van der Waals surface area contributed by atoms with Gasteiger partial charge in [0.15, 0.2) is 0 Å². The fourth-order valence-corrected chi connectivity index (χ4v) is 2.79. The summed E-state index contributed by atoms with van der Waals surface area (Å²) in [6.07, 6.45) is 0.804. The minimum Gasteiger partial charge on any atom is -0.462 e. The summed E-state index contributed by atoms with van der Waals surface area (Å²) in [4.78, 5) is 25.6. The molecule has 0 aliphatic heterocycles. The summed E-state index contributed by atoms with van der Waals surface area (Å²) >= 11 is 1.36. The highest BCUT2D eigenvalue weighted by Crippen LogP contribution is 2.29. The quantitative estimate of drug-likeness (QED) is 0.856. The molecule has 1 amide bonds. The number of anilines is 1. The molecular weight excluding hydrogens is 286 g/mol. The number of esters is 1. The molecule has 2 aromatic rings. The average molecular weight is 303 g/mol. The number of aryl methyl sites for hydroxylation is 1. The number of hydrogen-bond acceptors (Lipinski definition) is 4. The van der Waals surface area contributed by atoms with E-state index in [4.69, 9.17) is 4.74 Å². The highest BCUT2D eigenvalue weighted by atomic mass is 32.1. The van der Waals surface area contributed by atoms with Crippen LogP contribution in [0.4, 0.5) is 5.69 Å². The maximum absolute atomic E-state index is 12.2. The Morgan fingerprint density at radius 1 is 1.19 bits per heavy atom. The van der Waals surface area contributed by atoms with Crippen LogP contribution in [0.25, 0.3) is 0 Å². The van der Waals surface area contributed by atoms with Crippen LogP contribution < -0.4 is 5.32 Å². The Kier molecular flexibility index (Phi) is 5.11. The highest BCUT2D eigenvalue weighted by molar-refractivity contribution is 7.14. The van der Waals surface area contributed by atoms with Crippen LogP contribution in [0.5, 0.6) is 0 Å². The summed E-state index contributed by atoms with van der Waals surface area (Å²) in [6, 6.07) is 10.7. The van der Waals surface area contributed by atoms with E-state index in [2.05, 4.69) is 5.32 Å². The van der Waals surface area contributed by atoms with Gasteiger partial charge in [0.2, 0.25) is 0 Å². The standard InChI is InChI=1S/C16H17NO3S/c1-3-12-10-13(14(21-12)16(19)20-4-2)17-15(18)11-8-6-5-7-9-11/h5-10H,3-4H2,1-2H3,(H,17,18). The maximum atomic E-state index is 12.2. The predicted octanol–water partition coefficient (Wildman–Crippen LogP) is 3.74. The third kappa shape index (κ3) is 3.70. The molecular formula is C16H17NO3S. The van der Waals surface area contributed by atoms with Gasteiger partial charge >= 0.3 is 5.97 Å². The second-order valence-corrected chi connectivity index (χ2v) is 5.49. The monoisotopic (exact) mass is 303 g/mol. The Hall–Kier alpha value is -2.14. The molecule has 110 valence electrons. The third-order valence-electron chi connectivity index (χ3n) is 2.88. The average Bonchev–Trinajstić information content (AvgIpc) is 2.91. The molecule has 0 atom stereocenters. The van der Waals surface area contributed by atoms with Crippen molar-refractivity contribution >= 4 is 28.9 Å². The van der Waals surface area contributed by atoms with Gasteiger partial charge in [-0.2, -0.15) is 0 Å². The summed E-state index contributed by atoms with van der Waals surface area (Å²) in [5.41, 5.74) is 1.07. The minimum atomic E-state index is -0.398. The lowest BCUT2D eigenvalue weighted by molar-refractivity contribution is 0.0533. The van der Waals surface area contributed by atoms with Crippen LogP contribution in [0.2, 0.25) is 0 Å². The van der Waals surface area contributed by atoms with Gasteiger partial charge in [-0.05, 0) is 31.5 Å². The number of thiophene rings is 1. The van der Waals surface area contributed by atoms with Crippen molar-refractivity contribution in [3.05, 3.63) is 51.7 Å². The van der Waals surface area contributed by atoms with Gasteiger partial charge in [-0.1, -0.05) is 25.1 Å². The number of benzene rings is 1. The first-order valence-electron chi connectivity index (χ1n) is 6.82. The molecule has 1 aromatic heterocycles. The molecule has 1 N–H and O–H groups in total. The molecule has 0 bridgehead atoms. The van der Waals surface area contributed by atoms with Crippen LogP contribution in [0.1, 0.15) is 38.8 Å². The Morgan fingerprint density at radius 3 is 2.52 bits per heavy atom. The van der Waals surface area contributed by atoms with E-state index in [0.717, 1.165) is 11.3 Å². The van der Waals surface area contributed by atoms with Crippen LogP contribution >= 0.6 is 11.3 Å². The number of amides is 1. The fourth-order valence-electron chi connectivity index (χ4n) is 1.84. The normalized spacial score (nSPS) is 10.2. The van der Waals surface area contributed by atoms with Crippen molar-refractivity contribution in [1.29, 1.82) is 0 Å². The lowest BCUT2D eigenvalue weighted by atomic mass is 10.2. The van der Waals surface area contributed by atoms with E-state index >= 15 is 0 Å². The molecule has 1 aromatic carbocycles. The van der Waals surface area contributed by atoms with E-state index in [0.29, 0.717) is 22.7 Å². The fraction of sp³-hybridized carbons (Fsp3) is 0.250. The largest absolute Gasteiger partial charge is 0.462 e. The number of hydrogen-bond donors (Lipinski definition) is 1. The van der Waals surface area contributed by atoms with Gasteiger partial charge in [-0.15, -0.1) is 11.3 Å². The summed E-state index contributed by atoms with van der Waals surface area (Å²) in [5.74, 6) is -0.632. The molecule has 0 saturated heterocycles. The van der Waals surface area contributed by atoms with Gasteiger partial charge in [0.1, 0.15) is 4.88 Å². The van der Waals surface area contributed by atoms with Crippen molar-refractivity contribution < 1.29 is 14.3 Å². The molecule has 1 heterocycles. The number of carbonyl (C=O) groups is 2. The van der Waals surface area contributed by atoms with E-state index < -0.39 is 5.97 Å². The van der Waals surface area contributed by atoms with Crippen molar-refractivity contribution in [2.24, 2.45) is 0 Å². The highest BCUT2D eigenvalue weighted by Gasteiger charge is 2.19. The van der Waals surface area contributed by atoms with Gasteiger partial charge in [-0.25, -0.2) is 4.79 Å². The van der Waals surface area contributed by atoms with E-state index in [1.54, 1.807) is 31.2 Å². The Morgan fingerprint density at radius 2 is 1.90 bits per heavy atom. The van der Waals surface area contributed by atoms with E-state index in [1.165, 1.54) is 11.3 Å². The zero-order chi connectivity index (χ0) is 15.2. The van der Waals surface area contributed by atoms with Gasteiger partial charge in [0, 0.05) is 10.4 Å². The number of rotatable bonds is 5. The molecule has 0 fully saturated rings. The van der Waals surface area contributed by atoms with Gasteiger partial charge in [0.25, 0.3) is 5.91 Å². The SMILES string of the molecule is CCOC(=O)c1sc(CC)cc1NC(=O)c1ccccc1. The molecule has 4 nitrogen and oxygen atoms in total. The second kappa shape index (κ2) is 7.04. The molecule has 0 unspecified atom stereocenters. The van der Waals surface area contributed by atoms with Crippen LogP contribution in [-0.4, -0.2) is 18.5 Å². The van der Waals surface area contributed by atoms with Gasteiger partial charge in [0.05, 0.1) is 12.3 Å². The molecule has 0 aliphatic carbocycles. The van der Waals surface area contributed by atoms with Crippen molar-refractivity contribution in [2.45, 2.75) is 20.3 Å². The first-order valence-corrected chi connectivity index (χ1v) is 7.63. The predicted molar refractivity (Wildman–Crippen MR) is 84.0 cm³/mol. The zero-order valence-electron chi connectivity index (χ0n) is 12.0. The van der Waals surface area contributed by atoms with Crippen LogP contribution in [0, 0.1) is 0 Å². The molecule has 21 heavy (non-hydrogen) atoms. The first kappa shape index (κ1) is 15.3. The van der Waals surface area contributed by atoms with E-state index in [-0.39, 0.29) is 5.91 Å². The third-order valence-corrected chi connectivity index (χ3v) is 4.14. The summed E-state index contributed by atoms with van der Waals surface area (Å²) in [6.45, 7) is 4.07. The first-order chi connectivity index (χ1) is 10.2. The second-order valence-electron chi connectivity index (χ2n) is 4.35. The molecule has 0 radical (unpaired) electrons. The summed E-state index contributed by atoms with van der Waals surface area (Å²) in [5, 5.41) is 2.79. The molecule has 5 heteroatoms. The van der Waals surface area contributed by atoms with Crippen LogP contribution in [-0.2, 0) is 11.2 Å². The van der Waals surface area contributed by atoms with E-state index in [1.807, 2.05) is 19.1 Å². The van der Waals surface area contributed by atoms with E-state index in [9.17, 15) is 9.59 Å². The lowest BCUT2D eigenvalue weighted by Crippen LogP contribution is -2.14. The number of carbonyl (C=O) groups excluding carboxylic acids is 2. The van der Waals surface area contributed by atoms with Crippen molar-refractivity contribution in [2.75, 3.05) is 11.9 Å².